The van der Waals surface area contributed by atoms with Gasteiger partial charge in [0.15, 0.2) is 11.9 Å². The molecule has 30 heteroatoms. The van der Waals surface area contributed by atoms with Gasteiger partial charge in [-0.1, -0.05) is 125 Å². The number of aliphatic hydroxyl groups excluding tert-OH is 1. The summed E-state index contributed by atoms with van der Waals surface area (Å²) in [6.45, 7) is 19.3. The van der Waals surface area contributed by atoms with Crippen molar-refractivity contribution >= 4 is 77.0 Å². The summed E-state index contributed by atoms with van der Waals surface area (Å²) >= 11 is 0. The number of rotatable bonds is 36. The molecule has 1 saturated heterocycles. The van der Waals surface area contributed by atoms with Gasteiger partial charge in [-0.2, -0.15) is 0 Å². The van der Waals surface area contributed by atoms with Gasteiger partial charge in [0.1, 0.15) is 66.5 Å². The maximum absolute atomic E-state index is 14.7. The van der Waals surface area contributed by atoms with Gasteiger partial charge < -0.3 is 91.3 Å². The van der Waals surface area contributed by atoms with Crippen LogP contribution in [-0.2, 0) is 63.9 Å². The first-order valence-electron chi connectivity index (χ1n) is 32.0. The number of nitrogens with zero attached hydrogens (tertiary/aromatic N) is 2. The second-order valence-electron chi connectivity index (χ2n) is 24.3. The third-order valence-electron chi connectivity index (χ3n) is 16.5. The van der Waals surface area contributed by atoms with Crippen LogP contribution in [0.1, 0.15) is 146 Å². The Kier molecular flexibility index (Phi) is 35.3. The van der Waals surface area contributed by atoms with Gasteiger partial charge in [-0.25, -0.2) is 4.79 Å². The molecule has 10 amide bonds. The predicted molar refractivity (Wildman–Crippen MR) is 348 cm³/mol. The molecule has 0 spiro atoms. The number of nitrogens with one attached hydrogen (secondary N) is 11. The molecule has 1 heterocycles. The van der Waals surface area contributed by atoms with Crippen LogP contribution in [0.15, 0.2) is 40.3 Å². The van der Waals surface area contributed by atoms with Crippen molar-refractivity contribution in [3.05, 3.63) is 35.9 Å². The third-order valence-corrected chi connectivity index (χ3v) is 16.5. The third kappa shape index (κ3) is 26.6. The van der Waals surface area contributed by atoms with Crippen LogP contribution in [0, 0.1) is 29.6 Å². The first kappa shape index (κ1) is 79.9. The molecular formula is C62H107N17O13. The minimum atomic E-state index is -1.79. The van der Waals surface area contributed by atoms with Crippen LogP contribution >= 0.6 is 0 Å². The van der Waals surface area contributed by atoms with Crippen LogP contribution in [0.5, 0.6) is 0 Å². The molecular weight excluding hydrogens is 1190 g/mol. The second kappa shape index (κ2) is 40.7. The monoisotopic (exact) mass is 1300 g/mol. The average Bonchev–Trinajstić information content (AvgIpc) is 1.28. The molecule has 0 saturated carbocycles. The Morgan fingerprint density at radius 2 is 1.01 bits per heavy atom. The molecule has 30 nitrogen and oxygen atoms in total. The molecule has 20 N–H and O–H groups in total. The summed E-state index contributed by atoms with van der Waals surface area (Å²) < 4.78 is 5.74. The van der Waals surface area contributed by atoms with E-state index in [1.807, 2.05) is 51.1 Å². The number of esters is 1. The number of carbonyl (C=O) groups is 11. The molecule has 16 atom stereocenters. The molecule has 1 aromatic carbocycles. The van der Waals surface area contributed by atoms with Crippen molar-refractivity contribution in [3.8, 4) is 0 Å². The molecule has 0 aromatic heterocycles. The molecule has 0 bridgehead atoms. The molecule has 0 aliphatic carbocycles. The highest BCUT2D eigenvalue weighted by Gasteiger charge is 2.41. The zero-order valence-corrected chi connectivity index (χ0v) is 55.9. The Morgan fingerprint density at radius 1 is 0.565 bits per heavy atom. The lowest BCUT2D eigenvalue weighted by Crippen LogP contribution is -2.63. The Bertz CT molecular complexity index is 2660. The van der Waals surface area contributed by atoms with Crippen molar-refractivity contribution in [1.29, 1.82) is 0 Å². The summed E-state index contributed by atoms with van der Waals surface area (Å²) in [7, 11) is 1.63. The number of likely N-dealkylation sites (N-methyl/N-ethyl adjacent to an activating group) is 1. The summed E-state index contributed by atoms with van der Waals surface area (Å²) in [6, 6.07) is -5.14. The highest BCUT2D eigenvalue weighted by molar-refractivity contribution is 5.99. The normalized spacial score (nSPS) is 20.7. The minimum Gasteiger partial charge on any atom is -0.458 e. The van der Waals surface area contributed by atoms with Crippen molar-refractivity contribution in [1.82, 2.24) is 58.5 Å². The lowest BCUT2D eigenvalue weighted by Gasteiger charge is -2.31. The van der Waals surface area contributed by atoms with Gasteiger partial charge in [-0.05, 0) is 94.6 Å². The van der Waals surface area contributed by atoms with E-state index in [-0.39, 0.29) is 69.5 Å². The maximum atomic E-state index is 14.7. The van der Waals surface area contributed by atoms with Crippen LogP contribution in [0.3, 0.4) is 0 Å². The van der Waals surface area contributed by atoms with Crippen molar-refractivity contribution < 1.29 is 62.6 Å². The number of carbonyl (C=O) groups excluding carboxylic acids is 11. The molecule has 2 rings (SSSR count). The van der Waals surface area contributed by atoms with E-state index in [1.165, 1.54) is 13.8 Å². The summed E-state index contributed by atoms with van der Waals surface area (Å²) in [5.74, 6) is -11.7. The summed E-state index contributed by atoms with van der Waals surface area (Å²) in [5, 5.41) is 40.2. The Morgan fingerprint density at radius 3 is 1.46 bits per heavy atom. The largest absolute Gasteiger partial charge is 0.458 e. The van der Waals surface area contributed by atoms with Crippen LogP contribution in [0.2, 0.25) is 0 Å². The molecule has 1 aliphatic heterocycles. The first-order valence-corrected chi connectivity index (χ1v) is 32.0. The number of amides is 10. The summed E-state index contributed by atoms with van der Waals surface area (Å²) in [5.41, 5.74) is 23.2. The van der Waals surface area contributed by atoms with Gasteiger partial charge in [0, 0.05) is 13.1 Å². The molecule has 518 valence electrons. The van der Waals surface area contributed by atoms with E-state index in [9.17, 15) is 57.8 Å². The number of guanidine groups is 2. The number of benzene rings is 1. The number of nitrogens with two attached hydrogens (primary N) is 4. The lowest BCUT2D eigenvalue weighted by molar-refractivity contribution is -0.157. The number of ether oxygens (including phenoxy) is 1. The lowest BCUT2D eigenvalue weighted by atomic mass is 9.94. The van der Waals surface area contributed by atoms with Crippen molar-refractivity contribution in [2.75, 3.05) is 26.7 Å². The van der Waals surface area contributed by atoms with Gasteiger partial charge >= 0.3 is 5.97 Å². The summed E-state index contributed by atoms with van der Waals surface area (Å²) in [6.07, 6.45) is 0.705. The Labute approximate surface area is 541 Å². The Balaban J connectivity index is 2.53. The molecule has 0 unspecified atom stereocenters. The number of hydrogen-bond acceptors (Lipinski definition) is 16. The topological polar surface area (TPSA) is 478 Å². The maximum Gasteiger partial charge on any atom is 0.329 e. The van der Waals surface area contributed by atoms with E-state index in [0.717, 1.165) is 5.56 Å². The van der Waals surface area contributed by atoms with Gasteiger partial charge in [0.25, 0.3) is 0 Å². The van der Waals surface area contributed by atoms with E-state index in [0.29, 0.717) is 25.7 Å². The van der Waals surface area contributed by atoms with Gasteiger partial charge in [0.05, 0.1) is 12.6 Å². The van der Waals surface area contributed by atoms with Crippen molar-refractivity contribution in [2.24, 2.45) is 62.5 Å². The second-order valence-corrected chi connectivity index (χ2v) is 24.3. The number of cyclic esters (lactones) is 1. The standard InChI is InChI=1S/C62H107N17O13/c1-14-33(7)45(76-53(84)42(67-13)30-39-23-19-18-20-24-39)56(87)72-40(25-21-27-68-61(63)64)51(82)71-41(26-22-28-69-62(65)66)52(83)75-47(35(9)16-3)58(89)77-46(34(8)15-2)57(88)74-44(31-80)55(86)79-49-38(12)92-60(91)48(36(10)17-4)78-54(85)43(29-32(5)6)73-50(81)37(11)70-59(49)90/h18-20,23-24,32-38,40-49,67,80H,14-17,21-22,25-31H2,1-13H3,(H,70,90)(H,71,82)(H,72,87)(H,73,81)(H,74,88)(H,75,83)(H,76,84)(H,77,89)(H,78,85)(H,79,86)(H4,63,64,68)(H4,65,66,69)/t33-,34-,35+,36-,37-,38-,40-,41+,42+,43-,44-,45-,46-,47+,48-,49+/m0/s1. The van der Waals surface area contributed by atoms with E-state index in [4.69, 9.17) is 27.7 Å². The highest BCUT2D eigenvalue weighted by Crippen LogP contribution is 2.18. The van der Waals surface area contributed by atoms with E-state index in [1.54, 1.807) is 55.5 Å². The van der Waals surface area contributed by atoms with Crippen LogP contribution < -0.4 is 81.4 Å². The zero-order chi connectivity index (χ0) is 69.5. The molecule has 1 aliphatic rings. The van der Waals surface area contributed by atoms with Crippen molar-refractivity contribution in [3.63, 3.8) is 0 Å². The van der Waals surface area contributed by atoms with E-state index in [2.05, 4.69) is 68.5 Å². The molecule has 1 aromatic rings. The average molecular weight is 1300 g/mol. The van der Waals surface area contributed by atoms with Crippen LogP contribution in [-0.4, -0.2) is 181 Å². The number of aliphatic hydroxyl groups is 1. The van der Waals surface area contributed by atoms with Gasteiger partial charge in [-0.3, -0.25) is 57.9 Å². The predicted octanol–water partition coefficient (Wildman–Crippen LogP) is -2.04. The fraction of sp³-hybridized carbons (Fsp3) is 0.694. The smallest absolute Gasteiger partial charge is 0.329 e. The number of hydrogen-bond donors (Lipinski definition) is 16. The quantitative estimate of drug-likeness (QED) is 0.0149. The summed E-state index contributed by atoms with van der Waals surface area (Å²) in [4.78, 5) is 163. The van der Waals surface area contributed by atoms with Gasteiger partial charge in [0.2, 0.25) is 59.1 Å². The molecule has 1 fully saturated rings. The fourth-order valence-electron chi connectivity index (χ4n) is 9.83. The fourth-order valence-corrected chi connectivity index (χ4v) is 9.83. The number of aliphatic imine (C=N–C) groups is 2. The minimum absolute atomic E-state index is 0.0274. The van der Waals surface area contributed by atoms with Gasteiger partial charge in [-0.15, -0.1) is 0 Å². The first-order chi connectivity index (χ1) is 43.4. The van der Waals surface area contributed by atoms with Crippen LogP contribution in [0.25, 0.3) is 0 Å². The van der Waals surface area contributed by atoms with Crippen molar-refractivity contribution in [2.45, 2.75) is 220 Å². The molecule has 0 radical (unpaired) electrons. The highest BCUT2D eigenvalue weighted by atomic mass is 16.5. The van der Waals surface area contributed by atoms with E-state index < -0.39 is 168 Å². The zero-order valence-electron chi connectivity index (χ0n) is 55.9. The SMILES string of the molecule is CC[C@@H](C)[C@@H](NC(=O)[C@@H](CCCN=C(N)N)NC(=O)[C@H](CCCN=C(N)N)NC(=O)[C@@H](NC(=O)[C@@H](Cc1ccccc1)NC)[C@@H](C)CC)C(=O)N[C@H](C(=O)N[C@@H](CO)C(=O)N[C@H]1C(=O)N[C@@H](C)C(=O)N[C@@H](CC(C)C)C(=O)N[C@@H]([C@@H](C)CC)C(=O)O[C@H]1C)[C@@H](C)CC. The van der Waals surface area contributed by atoms with E-state index >= 15 is 0 Å². The van der Waals surface area contributed by atoms with Crippen LogP contribution in [0.4, 0.5) is 0 Å². The molecule has 92 heavy (non-hydrogen) atoms. The Hall–Kier alpha value is -8.15.